The molecule has 1 aliphatic heterocycles. The molecule has 0 aromatic heterocycles. The lowest BCUT2D eigenvalue weighted by atomic mass is 10.1. The Kier molecular flexibility index (Phi) is 4.78. The largest absolute Gasteiger partial charge is 0.490 e. The minimum atomic E-state index is -0.945. The lowest BCUT2D eigenvalue weighted by molar-refractivity contribution is 0.0696. The Hall–Kier alpha value is -2.53. The Morgan fingerprint density at radius 1 is 1.22 bits per heavy atom. The van der Waals surface area contributed by atoms with Gasteiger partial charge in [-0.1, -0.05) is 30.3 Å². The summed E-state index contributed by atoms with van der Waals surface area (Å²) < 4.78 is 11.3. The fourth-order valence-electron chi connectivity index (χ4n) is 2.58. The number of aromatic carboxylic acids is 1. The van der Waals surface area contributed by atoms with Crippen LogP contribution in [0.15, 0.2) is 48.5 Å². The van der Waals surface area contributed by atoms with E-state index < -0.39 is 5.97 Å². The first-order valence-corrected chi connectivity index (χ1v) is 7.61. The van der Waals surface area contributed by atoms with Crippen LogP contribution in [0.4, 0.5) is 5.69 Å². The molecule has 0 fully saturated rings. The molecule has 1 heterocycles. The SMILES string of the molecule is O=C(O)c1ccc2c(c1)OCCN2CCOCc1ccccc1. The number of hydrogen-bond donors (Lipinski definition) is 1. The van der Waals surface area contributed by atoms with E-state index in [2.05, 4.69) is 4.90 Å². The number of anilines is 1. The van der Waals surface area contributed by atoms with Crippen molar-refractivity contribution in [3.05, 3.63) is 59.7 Å². The van der Waals surface area contributed by atoms with E-state index in [1.165, 1.54) is 0 Å². The Bertz CT molecular complexity index is 672. The molecule has 120 valence electrons. The second-order valence-electron chi connectivity index (χ2n) is 5.36. The van der Waals surface area contributed by atoms with Gasteiger partial charge >= 0.3 is 5.97 Å². The Labute approximate surface area is 135 Å². The van der Waals surface area contributed by atoms with Gasteiger partial charge in [-0.25, -0.2) is 4.79 Å². The van der Waals surface area contributed by atoms with E-state index in [-0.39, 0.29) is 5.56 Å². The van der Waals surface area contributed by atoms with E-state index in [0.717, 1.165) is 24.3 Å². The lowest BCUT2D eigenvalue weighted by Gasteiger charge is -2.31. The topological polar surface area (TPSA) is 59.0 Å². The van der Waals surface area contributed by atoms with Gasteiger partial charge in [0, 0.05) is 6.54 Å². The molecule has 0 bridgehead atoms. The van der Waals surface area contributed by atoms with Gasteiger partial charge in [-0.05, 0) is 23.8 Å². The first-order chi connectivity index (χ1) is 11.2. The van der Waals surface area contributed by atoms with Crippen molar-refractivity contribution in [2.24, 2.45) is 0 Å². The Balaban J connectivity index is 1.57. The average Bonchev–Trinajstić information content (AvgIpc) is 2.59. The van der Waals surface area contributed by atoms with E-state index in [4.69, 9.17) is 14.6 Å². The van der Waals surface area contributed by atoms with E-state index >= 15 is 0 Å². The third-order valence-corrected chi connectivity index (χ3v) is 3.78. The maximum atomic E-state index is 11.0. The van der Waals surface area contributed by atoms with E-state index in [0.29, 0.717) is 25.6 Å². The summed E-state index contributed by atoms with van der Waals surface area (Å²) in [4.78, 5) is 13.2. The summed E-state index contributed by atoms with van der Waals surface area (Å²) in [5, 5.41) is 9.04. The number of carboxylic acids is 1. The van der Waals surface area contributed by atoms with E-state index in [9.17, 15) is 4.79 Å². The molecule has 1 N–H and O–H groups in total. The molecule has 0 aliphatic carbocycles. The maximum absolute atomic E-state index is 11.0. The van der Waals surface area contributed by atoms with Crippen LogP contribution < -0.4 is 9.64 Å². The molecule has 2 aromatic rings. The van der Waals surface area contributed by atoms with Crippen molar-refractivity contribution in [3.8, 4) is 5.75 Å². The summed E-state index contributed by atoms with van der Waals surface area (Å²) in [6, 6.07) is 15.0. The molecule has 3 rings (SSSR count). The van der Waals surface area contributed by atoms with Gasteiger partial charge in [0.25, 0.3) is 0 Å². The number of nitrogens with zero attached hydrogens (tertiary/aromatic N) is 1. The third kappa shape index (κ3) is 3.81. The number of carbonyl (C=O) groups is 1. The van der Waals surface area contributed by atoms with Crippen LogP contribution >= 0.6 is 0 Å². The van der Waals surface area contributed by atoms with Crippen molar-refractivity contribution in [2.75, 3.05) is 31.2 Å². The minimum absolute atomic E-state index is 0.242. The molecule has 0 spiro atoms. The molecule has 0 radical (unpaired) electrons. The number of benzene rings is 2. The van der Waals surface area contributed by atoms with Crippen LogP contribution in [0.2, 0.25) is 0 Å². The molecule has 23 heavy (non-hydrogen) atoms. The molecule has 0 amide bonds. The van der Waals surface area contributed by atoms with Crippen LogP contribution in [0.3, 0.4) is 0 Å². The Morgan fingerprint density at radius 2 is 2.04 bits per heavy atom. The van der Waals surface area contributed by atoms with Crippen LogP contribution in [-0.4, -0.2) is 37.4 Å². The highest BCUT2D eigenvalue weighted by molar-refractivity contribution is 5.89. The Morgan fingerprint density at radius 3 is 2.83 bits per heavy atom. The normalized spacial score (nSPS) is 13.3. The first kappa shape index (κ1) is 15.4. The lowest BCUT2D eigenvalue weighted by Crippen LogP contribution is -2.35. The highest BCUT2D eigenvalue weighted by Crippen LogP contribution is 2.32. The molecule has 0 saturated heterocycles. The van der Waals surface area contributed by atoms with E-state index in [1.807, 2.05) is 30.3 Å². The van der Waals surface area contributed by atoms with Gasteiger partial charge in [-0.15, -0.1) is 0 Å². The van der Waals surface area contributed by atoms with Crippen molar-refractivity contribution < 1.29 is 19.4 Å². The summed E-state index contributed by atoms with van der Waals surface area (Å²) >= 11 is 0. The van der Waals surface area contributed by atoms with Gasteiger partial charge in [0.05, 0.1) is 31.0 Å². The quantitative estimate of drug-likeness (QED) is 0.831. The second kappa shape index (κ2) is 7.15. The molecular weight excluding hydrogens is 294 g/mol. The number of hydrogen-bond acceptors (Lipinski definition) is 4. The van der Waals surface area contributed by atoms with E-state index in [1.54, 1.807) is 18.2 Å². The number of rotatable bonds is 6. The minimum Gasteiger partial charge on any atom is -0.490 e. The molecule has 5 nitrogen and oxygen atoms in total. The van der Waals surface area contributed by atoms with Gasteiger partial charge in [0.15, 0.2) is 0 Å². The van der Waals surface area contributed by atoms with Gasteiger partial charge in [-0.2, -0.15) is 0 Å². The van der Waals surface area contributed by atoms with Crippen molar-refractivity contribution in [1.82, 2.24) is 0 Å². The van der Waals surface area contributed by atoms with Crippen LogP contribution in [0, 0.1) is 0 Å². The molecule has 0 saturated carbocycles. The molecule has 0 unspecified atom stereocenters. The monoisotopic (exact) mass is 313 g/mol. The summed E-state index contributed by atoms with van der Waals surface area (Å²) in [6.07, 6.45) is 0. The highest BCUT2D eigenvalue weighted by atomic mass is 16.5. The molecule has 0 atom stereocenters. The van der Waals surface area contributed by atoms with Crippen molar-refractivity contribution >= 4 is 11.7 Å². The zero-order chi connectivity index (χ0) is 16.1. The van der Waals surface area contributed by atoms with Gasteiger partial charge in [0.2, 0.25) is 0 Å². The predicted octanol–water partition coefficient (Wildman–Crippen LogP) is 2.80. The highest BCUT2D eigenvalue weighted by Gasteiger charge is 2.19. The van der Waals surface area contributed by atoms with Crippen LogP contribution in [-0.2, 0) is 11.3 Å². The van der Waals surface area contributed by atoms with Crippen molar-refractivity contribution in [3.63, 3.8) is 0 Å². The maximum Gasteiger partial charge on any atom is 0.335 e. The molecule has 2 aromatic carbocycles. The fourth-order valence-corrected chi connectivity index (χ4v) is 2.58. The summed E-state index contributed by atoms with van der Waals surface area (Å²) in [6.45, 7) is 3.27. The van der Waals surface area contributed by atoms with Crippen LogP contribution in [0.25, 0.3) is 0 Å². The van der Waals surface area contributed by atoms with Crippen LogP contribution in [0.5, 0.6) is 5.75 Å². The standard InChI is InChI=1S/C18H19NO4/c20-18(21)15-6-7-16-17(12-15)23-11-9-19(16)8-10-22-13-14-4-2-1-3-5-14/h1-7,12H,8-11,13H2,(H,20,21). The first-order valence-electron chi connectivity index (χ1n) is 7.61. The number of ether oxygens (including phenoxy) is 2. The predicted molar refractivity (Wildman–Crippen MR) is 87.2 cm³/mol. The zero-order valence-electron chi connectivity index (χ0n) is 12.8. The van der Waals surface area contributed by atoms with Gasteiger partial charge < -0.3 is 19.5 Å². The summed E-state index contributed by atoms with van der Waals surface area (Å²) in [7, 11) is 0. The third-order valence-electron chi connectivity index (χ3n) is 3.78. The number of carboxylic acid groups (broad SMARTS) is 1. The smallest absolute Gasteiger partial charge is 0.335 e. The molecular formula is C18H19NO4. The summed E-state index contributed by atoms with van der Waals surface area (Å²) in [5.41, 5.74) is 2.32. The molecule has 1 aliphatic rings. The van der Waals surface area contributed by atoms with Gasteiger partial charge in [0.1, 0.15) is 12.4 Å². The van der Waals surface area contributed by atoms with Crippen molar-refractivity contribution in [1.29, 1.82) is 0 Å². The summed E-state index contributed by atoms with van der Waals surface area (Å²) in [5.74, 6) is -0.320. The van der Waals surface area contributed by atoms with Crippen LogP contribution in [0.1, 0.15) is 15.9 Å². The average molecular weight is 313 g/mol. The fraction of sp³-hybridized carbons (Fsp3) is 0.278. The number of fused-ring (bicyclic) bond motifs is 1. The van der Waals surface area contributed by atoms with Crippen molar-refractivity contribution in [2.45, 2.75) is 6.61 Å². The second-order valence-corrected chi connectivity index (χ2v) is 5.36. The molecule has 5 heteroatoms. The van der Waals surface area contributed by atoms with Gasteiger partial charge in [-0.3, -0.25) is 0 Å². The zero-order valence-corrected chi connectivity index (χ0v) is 12.8.